The summed E-state index contributed by atoms with van der Waals surface area (Å²) < 4.78 is 6.35. The minimum atomic E-state index is -0.436. The maximum absolute atomic E-state index is 12.1. The van der Waals surface area contributed by atoms with Gasteiger partial charge in [-0.05, 0) is 48.7 Å². The van der Waals surface area contributed by atoms with Gasteiger partial charge in [0.1, 0.15) is 5.75 Å². The van der Waals surface area contributed by atoms with Gasteiger partial charge in [0.15, 0.2) is 6.61 Å². The quantitative estimate of drug-likeness (QED) is 0.588. The Labute approximate surface area is 148 Å². The van der Waals surface area contributed by atoms with Crippen LogP contribution >= 0.6 is 15.9 Å². The third-order valence-corrected chi connectivity index (χ3v) is 3.97. The molecule has 0 aliphatic rings. The summed E-state index contributed by atoms with van der Waals surface area (Å²) in [5, 5.41) is 13.7. The molecule has 2 aromatic carbocycles. The first-order valence-electron chi connectivity index (χ1n) is 7.36. The second-order valence-corrected chi connectivity index (χ2v) is 6.11. The van der Waals surface area contributed by atoms with E-state index in [0.717, 1.165) is 10.0 Å². The van der Waals surface area contributed by atoms with Gasteiger partial charge in [0.2, 0.25) is 0 Å². The Balaban J connectivity index is 2.08. The molecule has 0 saturated carbocycles. The normalized spacial score (nSPS) is 10.3. The molecule has 2 rings (SSSR count). The summed E-state index contributed by atoms with van der Waals surface area (Å²) in [5.74, 6) is 0.272. The fraction of sp³-hybridized carbons (Fsp3) is 0.235. The number of ether oxygens (including phenoxy) is 1. The number of amides is 1. The van der Waals surface area contributed by atoms with Crippen molar-refractivity contribution in [3.63, 3.8) is 0 Å². The van der Waals surface area contributed by atoms with Crippen LogP contribution in [0, 0.1) is 17.0 Å². The number of hydrogen-bond acceptors (Lipinski definition) is 4. The van der Waals surface area contributed by atoms with Gasteiger partial charge in [0, 0.05) is 22.3 Å². The molecule has 0 radical (unpaired) electrons. The number of non-ortho nitro benzene ring substituents is 1. The van der Waals surface area contributed by atoms with E-state index < -0.39 is 4.92 Å². The number of rotatable bonds is 6. The number of anilines is 1. The first-order chi connectivity index (χ1) is 11.4. The third kappa shape index (κ3) is 4.55. The lowest BCUT2D eigenvalue weighted by molar-refractivity contribution is -0.384. The second-order valence-electron chi connectivity index (χ2n) is 5.20. The molecule has 0 heterocycles. The van der Waals surface area contributed by atoms with Gasteiger partial charge >= 0.3 is 0 Å². The van der Waals surface area contributed by atoms with E-state index in [0.29, 0.717) is 23.4 Å². The smallest absolute Gasteiger partial charge is 0.270 e. The summed E-state index contributed by atoms with van der Waals surface area (Å²) in [6.07, 6.45) is 0.575. The molecule has 1 amide bonds. The van der Waals surface area contributed by atoms with E-state index in [1.165, 1.54) is 12.1 Å². The molecule has 6 nitrogen and oxygen atoms in total. The molecule has 7 heteroatoms. The molecule has 0 fully saturated rings. The summed E-state index contributed by atoms with van der Waals surface area (Å²) in [6.45, 7) is 3.48. The molecule has 1 N–H and O–H groups in total. The van der Waals surface area contributed by atoms with E-state index in [9.17, 15) is 14.9 Å². The number of nitrogens with zero attached hydrogens (tertiary/aromatic N) is 1. The zero-order chi connectivity index (χ0) is 17.7. The molecule has 0 aliphatic carbocycles. The highest BCUT2D eigenvalue weighted by atomic mass is 79.9. The van der Waals surface area contributed by atoms with E-state index >= 15 is 0 Å². The molecule has 0 aromatic heterocycles. The van der Waals surface area contributed by atoms with Gasteiger partial charge in [0.25, 0.3) is 11.6 Å². The molecular formula is C17H17BrN2O4. The Kier molecular flexibility index (Phi) is 5.92. The molecule has 0 aliphatic heterocycles. The summed E-state index contributed by atoms with van der Waals surface area (Å²) in [5.41, 5.74) is 2.00. The fourth-order valence-corrected chi connectivity index (χ4v) is 2.52. The van der Waals surface area contributed by atoms with Crippen LogP contribution in [0.3, 0.4) is 0 Å². The Morgan fingerprint density at radius 2 is 1.96 bits per heavy atom. The highest BCUT2D eigenvalue weighted by Crippen LogP contribution is 2.27. The van der Waals surface area contributed by atoms with Crippen molar-refractivity contribution in [2.24, 2.45) is 0 Å². The predicted octanol–water partition coefficient (Wildman–Crippen LogP) is 4.25. The van der Waals surface area contributed by atoms with Crippen molar-refractivity contribution in [2.75, 3.05) is 11.9 Å². The van der Waals surface area contributed by atoms with Gasteiger partial charge in [-0.3, -0.25) is 14.9 Å². The van der Waals surface area contributed by atoms with E-state index in [-0.39, 0.29) is 18.2 Å². The first kappa shape index (κ1) is 17.9. The minimum Gasteiger partial charge on any atom is -0.484 e. The highest BCUT2D eigenvalue weighted by Gasteiger charge is 2.15. The first-order valence-corrected chi connectivity index (χ1v) is 8.16. The molecule has 24 heavy (non-hydrogen) atoms. The number of hydrogen-bond donors (Lipinski definition) is 1. The lowest BCUT2D eigenvalue weighted by Gasteiger charge is -2.13. The van der Waals surface area contributed by atoms with Crippen LogP contribution in [0.4, 0.5) is 11.4 Å². The van der Waals surface area contributed by atoms with Crippen molar-refractivity contribution in [2.45, 2.75) is 20.3 Å². The van der Waals surface area contributed by atoms with Crippen LogP contribution < -0.4 is 10.1 Å². The number of aryl methyl sites for hydroxylation is 2. The molecule has 0 saturated heterocycles. The number of nitro groups is 1. The number of nitro benzene ring substituents is 1. The molecular weight excluding hydrogens is 376 g/mol. The second kappa shape index (κ2) is 7.92. The van der Waals surface area contributed by atoms with Gasteiger partial charge in [-0.2, -0.15) is 0 Å². The summed E-state index contributed by atoms with van der Waals surface area (Å²) in [4.78, 5) is 22.6. The lowest BCUT2D eigenvalue weighted by atomic mass is 10.0. The van der Waals surface area contributed by atoms with Crippen LogP contribution in [-0.2, 0) is 11.2 Å². The van der Waals surface area contributed by atoms with Gasteiger partial charge in [-0.1, -0.05) is 22.9 Å². The van der Waals surface area contributed by atoms with Crippen LogP contribution in [-0.4, -0.2) is 17.4 Å². The SMILES string of the molecule is CCc1cc([N+](=O)[O-])cc(C)c1NC(=O)COc1ccc(Br)cc1. The number of carbonyl (C=O) groups excluding carboxylic acids is 1. The van der Waals surface area contributed by atoms with Crippen molar-refractivity contribution >= 4 is 33.2 Å². The molecule has 0 unspecified atom stereocenters. The maximum atomic E-state index is 12.1. The largest absolute Gasteiger partial charge is 0.484 e. The Morgan fingerprint density at radius 3 is 2.54 bits per heavy atom. The molecule has 0 spiro atoms. The predicted molar refractivity (Wildman–Crippen MR) is 95.5 cm³/mol. The van der Waals surface area contributed by atoms with Crippen molar-refractivity contribution in [3.05, 3.63) is 62.1 Å². The molecule has 2 aromatic rings. The summed E-state index contributed by atoms with van der Waals surface area (Å²) in [7, 11) is 0. The maximum Gasteiger partial charge on any atom is 0.270 e. The third-order valence-electron chi connectivity index (χ3n) is 3.44. The summed E-state index contributed by atoms with van der Waals surface area (Å²) >= 11 is 3.33. The lowest BCUT2D eigenvalue weighted by Crippen LogP contribution is -2.21. The van der Waals surface area contributed by atoms with Crippen molar-refractivity contribution in [3.8, 4) is 5.75 Å². The van der Waals surface area contributed by atoms with Crippen LogP contribution in [0.2, 0.25) is 0 Å². The van der Waals surface area contributed by atoms with Gasteiger partial charge < -0.3 is 10.1 Å². The number of halogens is 1. The van der Waals surface area contributed by atoms with Gasteiger partial charge in [0.05, 0.1) is 4.92 Å². The van der Waals surface area contributed by atoms with Crippen molar-refractivity contribution < 1.29 is 14.5 Å². The fourth-order valence-electron chi connectivity index (χ4n) is 2.26. The topological polar surface area (TPSA) is 81.5 Å². The van der Waals surface area contributed by atoms with E-state index in [4.69, 9.17) is 4.74 Å². The Hall–Kier alpha value is -2.41. The zero-order valence-corrected chi connectivity index (χ0v) is 14.9. The highest BCUT2D eigenvalue weighted by molar-refractivity contribution is 9.10. The standard InChI is InChI=1S/C17H17BrN2O4/c1-3-12-9-14(20(22)23)8-11(2)17(12)19-16(21)10-24-15-6-4-13(18)5-7-15/h4-9H,3,10H2,1-2H3,(H,19,21). The monoisotopic (exact) mass is 392 g/mol. The zero-order valence-electron chi connectivity index (χ0n) is 13.3. The van der Waals surface area contributed by atoms with Crippen LogP contribution in [0.15, 0.2) is 40.9 Å². The number of nitrogens with one attached hydrogen (secondary N) is 1. The molecule has 0 bridgehead atoms. The van der Waals surface area contributed by atoms with E-state index in [2.05, 4.69) is 21.2 Å². The van der Waals surface area contributed by atoms with Crippen LogP contribution in [0.5, 0.6) is 5.75 Å². The molecule has 0 atom stereocenters. The number of benzene rings is 2. The van der Waals surface area contributed by atoms with Gasteiger partial charge in [-0.25, -0.2) is 0 Å². The van der Waals surface area contributed by atoms with Crippen LogP contribution in [0.1, 0.15) is 18.1 Å². The minimum absolute atomic E-state index is 0.0217. The molecule has 126 valence electrons. The summed E-state index contributed by atoms with van der Waals surface area (Å²) in [6, 6.07) is 10.1. The van der Waals surface area contributed by atoms with E-state index in [1.54, 1.807) is 19.1 Å². The van der Waals surface area contributed by atoms with Crippen molar-refractivity contribution in [1.82, 2.24) is 0 Å². The Bertz CT molecular complexity index is 760. The average molecular weight is 393 g/mol. The average Bonchev–Trinajstić information content (AvgIpc) is 2.55. The van der Waals surface area contributed by atoms with Crippen LogP contribution in [0.25, 0.3) is 0 Å². The Morgan fingerprint density at radius 1 is 1.29 bits per heavy atom. The van der Waals surface area contributed by atoms with Crippen molar-refractivity contribution in [1.29, 1.82) is 0 Å². The number of carbonyl (C=O) groups is 1. The van der Waals surface area contributed by atoms with E-state index in [1.807, 2.05) is 19.1 Å². The van der Waals surface area contributed by atoms with Gasteiger partial charge in [-0.15, -0.1) is 0 Å².